The first-order chi connectivity index (χ1) is 11.3. The highest BCUT2D eigenvalue weighted by molar-refractivity contribution is 7.18. The smallest absolute Gasteiger partial charge is 0.203 e. The largest absolute Gasteiger partial charge is 0.374 e. The minimum absolute atomic E-state index is 0.0430. The molecule has 0 spiro atoms. The third-order valence-corrected chi connectivity index (χ3v) is 5.43. The predicted molar refractivity (Wildman–Crippen MR) is 100 cm³/mol. The van der Waals surface area contributed by atoms with E-state index >= 15 is 0 Å². The van der Waals surface area contributed by atoms with E-state index in [-0.39, 0.29) is 5.41 Å². The van der Waals surface area contributed by atoms with Crippen molar-refractivity contribution >= 4 is 27.4 Å². The Bertz CT molecular complexity index is 932. The molecule has 1 fully saturated rings. The molecule has 0 amide bonds. The highest BCUT2D eigenvalue weighted by Gasteiger charge is 2.27. The van der Waals surface area contributed by atoms with Crippen molar-refractivity contribution in [3.8, 4) is 10.7 Å². The van der Waals surface area contributed by atoms with Crippen LogP contribution >= 0.6 is 11.3 Å². The molecule has 3 aromatic rings. The molecular formula is C19H22N4S. The molecule has 1 aliphatic carbocycles. The molecule has 2 aromatic heterocycles. The van der Waals surface area contributed by atoms with Gasteiger partial charge in [-0.25, -0.2) is 4.98 Å². The van der Waals surface area contributed by atoms with Crippen molar-refractivity contribution in [2.75, 3.05) is 5.73 Å². The summed E-state index contributed by atoms with van der Waals surface area (Å²) in [6.07, 6.45) is 2.62. The lowest BCUT2D eigenvalue weighted by Gasteiger charge is -2.23. The quantitative estimate of drug-likeness (QED) is 0.727. The predicted octanol–water partition coefficient (Wildman–Crippen LogP) is 4.82. The average Bonchev–Trinajstić information content (AvgIpc) is 3.27. The molecule has 1 aromatic carbocycles. The maximum atomic E-state index is 5.74. The first kappa shape index (κ1) is 15.5. The molecule has 4 nitrogen and oxygen atoms in total. The second-order valence-corrected chi connectivity index (χ2v) is 8.77. The fourth-order valence-corrected chi connectivity index (χ4v) is 3.76. The Balaban J connectivity index is 2.00. The van der Waals surface area contributed by atoms with Crippen LogP contribution in [-0.2, 0) is 5.41 Å². The number of pyridine rings is 1. The van der Waals surface area contributed by atoms with E-state index in [1.165, 1.54) is 46.3 Å². The molecule has 24 heavy (non-hydrogen) atoms. The number of nitrogens with two attached hydrogens (primary N) is 1. The number of aryl methyl sites for hydroxylation is 1. The Labute approximate surface area is 146 Å². The number of nitrogen functional groups attached to an aromatic ring is 1. The average molecular weight is 338 g/mol. The molecule has 0 saturated heterocycles. The van der Waals surface area contributed by atoms with Gasteiger partial charge in [0, 0.05) is 5.39 Å². The topological polar surface area (TPSA) is 64.7 Å². The van der Waals surface area contributed by atoms with Crippen molar-refractivity contribution in [1.29, 1.82) is 0 Å². The van der Waals surface area contributed by atoms with Crippen molar-refractivity contribution in [2.24, 2.45) is 0 Å². The van der Waals surface area contributed by atoms with Crippen LogP contribution in [0.2, 0.25) is 0 Å². The highest BCUT2D eigenvalue weighted by atomic mass is 32.1. The molecule has 0 unspecified atom stereocenters. The number of hydrogen-bond acceptors (Lipinski definition) is 5. The molecule has 1 saturated carbocycles. The molecule has 0 bridgehead atoms. The molecule has 0 atom stereocenters. The fourth-order valence-electron chi connectivity index (χ4n) is 3.19. The van der Waals surface area contributed by atoms with Gasteiger partial charge in [-0.1, -0.05) is 38.2 Å². The van der Waals surface area contributed by atoms with Gasteiger partial charge in [-0.2, -0.15) is 0 Å². The summed E-state index contributed by atoms with van der Waals surface area (Å²) in [6, 6.07) is 6.80. The van der Waals surface area contributed by atoms with E-state index < -0.39 is 0 Å². The summed E-state index contributed by atoms with van der Waals surface area (Å²) < 4.78 is 0. The van der Waals surface area contributed by atoms with Crippen LogP contribution in [0.3, 0.4) is 0 Å². The summed E-state index contributed by atoms with van der Waals surface area (Å²) in [5.41, 5.74) is 11.7. The van der Waals surface area contributed by atoms with Crippen LogP contribution in [0.5, 0.6) is 0 Å². The number of aromatic nitrogens is 3. The van der Waals surface area contributed by atoms with Crippen molar-refractivity contribution in [3.05, 3.63) is 34.9 Å². The Morgan fingerprint density at radius 2 is 1.88 bits per heavy atom. The summed E-state index contributed by atoms with van der Waals surface area (Å²) in [6.45, 7) is 8.92. The Morgan fingerprint density at radius 1 is 1.12 bits per heavy atom. The van der Waals surface area contributed by atoms with Gasteiger partial charge in [-0.15, -0.1) is 10.2 Å². The SMILES string of the molecule is Cc1cc(-c2nnc(N)s2)nc2c(C(C)(C)C)cc(C3CC3)cc12. The summed E-state index contributed by atoms with van der Waals surface area (Å²) in [4.78, 5) is 4.96. The van der Waals surface area contributed by atoms with E-state index in [9.17, 15) is 0 Å². The van der Waals surface area contributed by atoms with Crippen LogP contribution in [0.15, 0.2) is 18.2 Å². The lowest BCUT2D eigenvalue weighted by molar-refractivity contribution is 0.594. The lowest BCUT2D eigenvalue weighted by atomic mass is 9.83. The number of nitrogens with zero attached hydrogens (tertiary/aromatic N) is 3. The highest BCUT2D eigenvalue weighted by Crippen LogP contribution is 2.44. The van der Waals surface area contributed by atoms with E-state index in [4.69, 9.17) is 10.7 Å². The van der Waals surface area contributed by atoms with Gasteiger partial charge >= 0.3 is 0 Å². The van der Waals surface area contributed by atoms with Crippen LogP contribution in [0, 0.1) is 6.92 Å². The molecule has 2 N–H and O–H groups in total. The first-order valence-corrected chi connectivity index (χ1v) is 9.20. The number of hydrogen-bond donors (Lipinski definition) is 1. The first-order valence-electron chi connectivity index (χ1n) is 8.38. The zero-order chi connectivity index (χ0) is 17.1. The van der Waals surface area contributed by atoms with E-state index in [0.717, 1.165) is 22.1 Å². The molecule has 1 aliphatic rings. The van der Waals surface area contributed by atoms with Gasteiger partial charge in [-0.05, 0) is 59.9 Å². The van der Waals surface area contributed by atoms with Gasteiger partial charge in [0.05, 0.1) is 5.52 Å². The van der Waals surface area contributed by atoms with Crippen LogP contribution in [-0.4, -0.2) is 15.2 Å². The number of fused-ring (bicyclic) bond motifs is 1. The van der Waals surface area contributed by atoms with Gasteiger partial charge in [0.2, 0.25) is 5.13 Å². The summed E-state index contributed by atoms with van der Waals surface area (Å²) in [7, 11) is 0. The van der Waals surface area contributed by atoms with Crippen molar-refractivity contribution < 1.29 is 0 Å². The van der Waals surface area contributed by atoms with Crippen LogP contribution in [0.25, 0.3) is 21.6 Å². The van der Waals surface area contributed by atoms with Gasteiger partial charge in [0.1, 0.15) is 5.69 Å². The van der Waals surface area contributed by atoms with E-state index in [0.29, 0.717) is 5.13 Å². The van der Waals surface area contributed by atoms with Gasteiger partial charge in [0.15, 0.2) is 5.01 Å². The standard InChI is InChI=1S/C19H22N4S/c1-10-7-15(17-22-23-18(20)24-17)21-16-13(10)8-12(11-5-6-11)9-14(16)19(2,3)4/h7-9,11H,5-6H2,1-4H3,(H2,20,23). The minimum atomic E-state index is 0.0430. The van der Waals surface area contributed by atoms with Gasteiger partial charge < -0.3 is 5.73 Å². The van der Waals surface area contributed by atoms with E-state index in [1.54, 1.807) is 0 Å². The lowest BCUT2D eigenvalue weighted by Crippen LogP contribution is -2.13. The monoisotopic (exact) mass is 338 g/mol. The Morgan fingerprint density at radius 3 is 2.46 bits per heavy atom. The normalized spacial score (nSPS) is 15.2. The second-order valence-electron chi connectivity index (χ2n) is 7.76. The molecule has 124 valence electrons. The van der Waals surface area contributed by atoms with E-state index in [1.807, 2.05) is 0 Å². The number of rotatable bonds is 2. The molecular weight excluding hydrogens is 316 g/mol. The van der Waals surface area contributed by atoms with Crippen LogP contribution in [0.4, 0.5) is 5.13 Å². The Hall–Kier alpha value is -2.01. The van der Waals surface area contributed by atoms with Gasteiger partial charge in [0.25, 0.3) is 0 Å². The second kappa shape index (κ2) is 5.24. The molecule has 5 heteroatoms. The van der Waals surface area contributed by atoms with Crippen molar-refractivity contribution in [1.82, 2.24) is 15.2 Å². The number of anilines is 1. The molecule has 0 aliphatic heterocycles. The third-order valence-electron chi connectivity index (χ3n) is 4.66. The van der Waals surface area contributed by atoms with Crippen molar-refractivity contribution in [3.63, 3.8) is 0 Å². The van der Waals surface area contributed by atoms with Crippen molar-refractivity contribution in [2.45, 2.75) is 51.9 Å². The maximum absolute atomic E-state index is 5.74. The van der Waals surface area contributed by atoms with Crippen LogP contribution < -0.4 is 5.73 Å². The van der Waals surface area contributed by atoms with Gasteiger partial charge in [-0.3, -0.25) is 0 Å². The zero-order valence-electron chi connectivity index (χ0n) is 14.6. The maximum Gasteiger partial charge on any atom is 0.203 e. The fraction of sp³-hybridized carbons (Fsp3) is 0.421. The molecule has 0 radical (unpaired) electrons. The summed E-state index contributed by atoms with van der Waals surface area (Å²) in [5.74, 6) is 0.734. The summed E-state index contributed by atoms with van der Waals surface area (Å²) in [5, 5.41) is 10.6. The number of benzene rings is 1. The van der Waals surface area contributed by atoms with E-state index in [2.05, 4.69) is 56.1 Å². The van der Waals surface area contributed by atoms with Crippen LogP contribution in [0.1, 0.15) is 56.2 Å². The Kier molecular flexibility index (Phi) is 3.39. The zero-order valence-corrected chi connectivity index (χ0v) is 15.4. The molecule has 4 rings (SSSR count). The third kappa shape index (κ3) is 2.67. The minimum Gasteiger partial charge on any atom is -0.374 e. The summed E-state index contributed by atoms with van der Waals surface area (Å²) >= 11 is 1.38. The molecule has 2 heterocycles.